The fraction of sp³-hybridized carbons (Fsp3) is 0. The minimum Gasteiger partial charge on any atom is -0.455 e. The summed E-state index contributed by atoms with van der Waals surface area (Å²) in [7, 11) is 0. The number of benzene rings is 6. The Bertz CT molecular complexity index is 2450. The number of hydrogen-bond donors (Lipinski definition) is 0. The molecule has 0 aliphatic heterocycles. The quantitative estimate of drug-likeness (QED) is 0.225. The van der Waals surface area contributed by atoms with Crippen LogP contribution in [0.5, 0.6) is 0 Å². The first kappa shape index (κ1) is 23.8. The predicted molar refractivity (Wildman–Crippen MR) is 167 cm³/mol. The van der Waals surface area contributed by atoms with Gasteiger partial charge in [0.15, 0.2) is 0 Å². The lowest BCUT2D eigenvalue weighted by molar-refractivity contribution is 0.670. The van der Waals surface area contributed by atoms with Crippen LogP contribution in [0, 0.1) is 22.7 Å². The Kier molecular flexibility index (Phi) is 5.22. The van der Waals surface area contributed by atoms with Gasteiger partial charge in [0.2, 0.25) is 0 Å². The van der Waals surface area contributed by atoms with Gasteiger partial charge < -0.3 is 8.83 Å². The van der Waals surface area contributed by atoms with Gasteiger partial charge in [0, 0.05) is 43.8 Å². The average Bonchev–Trinajstić information content (AvgIpc) is 3.63. The number of hydrogen-bond acceptors (Lipinski definition) is 4. The summed E-state index contributed by atoms with van der Waals surface area (Å²) in [6.45, 7) is 0. The number of rotatable bonds is 3. The number of nitrogens with zero attached hydrogens (tertiary/aromatic N) is 2. The summed E-state index contributed by atoms with van der Waals surface area (Å²) in [5.41, 5.74) is 9.11. The zero-order chi connectivity index (χ0) is 28.2. The van der Waals surface area contributed by atoms with Crippen LogP contribution in [-0.4, -0.2) is 0 Å². The summed E-state index contributed by atoms with van der Waals surface area (Å²) in [6.07, 6.45) is 0. The van der Waals surface area contributed by atoms with Gasteiger partial charge in [0.05, 0.1) is 17.2 Å². The Balaban J connectivity index is 1.48. The van der Waals surface area contributed by atoms with Crippen molar-refractivity contribution in [2.75, 3.05) is 0 Å². The third-order valence-electron chi connectivity index (χ3n) is 7.96. The Morgan fingerprint density at radius 3 is 1.67 bits per heavy atom. The van der Waals surface area contributed by atoms with Crippen LogP contribution in [0.2, 0.25) is 0 Å². The smallest absolute Gasteiger partial charge is 0.143 e. The molecule has 0 aliphatic rings. The lowest BCUT2D eigenvalue weighted by atomic mass is 9.87. The molecule has 0 unspecified atom stereocenters. The van der Waals surface area contributed by atoms with Crippen molar-refractivity contribution in [2.24, 2.45) is 0 Å². The topological polar surface area (TPSA) is 73.9 Å². The van der Waals surface area contributed by atoms with Gasteiger partial charge in [-0.25, -0.2) is 0 Å². The Morgan fingerprint density at radius 1 is 0.429 bits per heavy atom. The van der Waals surface area contributed by atoms with E-state index < -0.39 is 0 Å². The first-order valence-electron chi connectivity index (χ1n) is 13.6. The van der Waals surface area contributed by atoms with E-state index in [1.165, 1.54) is 0 Å². The molecule has 0 aliphatic carbocycles. The zero-order valence-electron chi connectivity index (χ0n) is 22.3. The van der Waals surface area contributed by atoms with Gasteiger partial charge >= 0.3 is 0 Å². The highest BCUT2D eigenvalue weighted by atomic mass is 16.3. The molecular formula is C38H20N2O2. The second kappa shape index (κ2) is 9.24. The number of nitriles is 2. The second-order valence-electron chi connectivity index (χ2n) is 10.3. The molecule has 0 spiro atoms. The van der Waals surface area contributed by atoms with Crippen molar-refractivity contribution in [3.8, 4) is 45.5 Å². The summed E-state index contributed by atoms with van der Waals surface area (Å²) in [5.74, 6) is 0. The third-order valence-corrected chi connectivity index (χ3v) is 7.96. The van der Waals surface area contributed by atoms with Gasteiger partial charge in [-0.05, 0) is 47.5 Å². The van der Waals surface area contributed by atoms with Crippen LogP contribution in [0.4, 0.5) is 0 Å². The molecule has 4 nitrogen and oxygen atoms in total. The Labute approximate surface area is 240 Å². The molecule has 4 heteroatoms. The van der Waals surface area contributed by atoms with E-state index >= 15 is 0 Å². The molecule has 2 aromatic heterocycles. The van der Waals surface area contributed by atoms with Crippen molar-refractivity contribution in [1.29, 1.82) is 10.5 Å². The average molecular weight is 537 g/mol. The lowest BCUT2D eigenvalue weighted by Gasteiger charge is -2.15. The molecule has 0 saturated carbocycles. The molecule has 8 aromatic rings. The van der Waals surface area contributed by atoms with E-state index in [1.54, 1.807) is 6.07 Å². The maximum absolute atomic E-state index is 10.6. The van der Waals surface area contributed by atoms with Crippen molar-refractivity contribution in [3.63, 3.8) is 0 Å². The van der Waals surface area contributed by atoms with Crippen molar-refractivity contribution >= 4 is 43.9 Å². The second-order valence-corrected chi connectivity index (χ2v) is 10.3. The highest BCUT2D eigenvalue weighted by Gasteiger charge is 2.21. The molecule has 2 heterocycles. The first-order valence-corrected chi connectivity index (χ1v) is 13.6. The van der Waals surface area contributed by atoms with E-state index in [2.05, 4.69) is 30.3 Å². The molecular weight excluding hydrogens is 516 g/mol. The summed E-state index contributed by atoms with van der Waals surface area (Å²) < 4.78 is 12.8. The van der Waals surface area contributed by atoms with E-state index in [0.717, 1.165) is 77.3 Å². The molecule has 194 valence electrons. The maximum atomic E-state index is 10.6. The molecule has 0 amide bonds. The fourth-order valence-electron chi connectivity index (χ4n) is 6.05. The largest absolute Gasteiger partial charge is 0.455 e. The Hall–Kier alpha value is -6.10. The van der Waals surface area contributed by atoms with Crippen LogP contribution < -0.4 is 0 Å². The van der Waals surface area contributed by atoms with Crippen LogP contribution in [0.3, 0.4) is 0 Å². The standard InChI is InChI=1S/C38H20N2O2/c39-21-23-8-5-9-24(18-23)32-19-25(26-12-6-13-29-27-10-1-3-16-35(27)41-37(26)29)20-33(34(32)22-40)31-15-7-14-30-28-11-2-4-17-36(28)42-38(30)31/h1-20H. The van der Waals surface area contributed by atoms with Crippen LogP contribution in [0.1, 0.15) is 11.1 Å². The minimum atomic E-state index is 0.513. The van der Waals surface area contributed by atoms with Crippen LogP contribution in [0.15, 0.2) is 130 Å². The van der Waals surface area contributed by atoms with Crippen molar-refractivity contribution < 1.29 is 8.83 Å². The Morgan fingerprint density at radius 2 is 1.00 bits per heavy atom. The summed E-state index contributed by atoms with van der Waals surface area (Å²) in [5, 5.41) is 24.4. The van der Waals surface area contributed by atoms with E-state index in [4.69, 9.17) is 8.83 Å². The highest BCUT2D eigenvalue weighted by Crippen LogP contribution is 2.43. The SMILES string of the molecule is N#Cc1cccc(-c2cc(-c3cccc4c3oc3ccccc34)cc(-c3cccc4c3oc3ccccc34)c2C#N)c1. The van der Waals surface area contributed by atoms with E-state index in [9.17, 15) is 10.5 Å². The monoisotopic (exact) mass is 536 g/mol. The van der Waals surface area contributed by atoms with E-state index in [1.807, 2.05) is 97.1 Å². The van der Waals surface area contributed by atoms with Gasteiger partial charge in [0.25, 0.3) is 0 Å². The molecule has 0 N–H and O–H groups in total. The van der Waals surface area contributed by atoms with Crippen molar-refractivity contribution in [1.82, 2.24) is 0 Å². The molecule has 0 atom stereocenters. The highest BCUT2D eigenvalue weighted by molar-refractivity contribution is 6.12. The summed E-state index contributed by atoms with van der Waals surface area (Å²) in [6, 6.07) is 44.4. The van der Waals surface area contributed by atoms with Gasteiger partial charge in [0.1, 0.15) is 28.4 Å². The molecule has 0 radical (unpaired) electrons. The fourth-order valence-corrected chi connectivity index (χ4v) is 6.05. The molecule has 6 aromatic carbocycles. The van der Waals surface area contributed by atoms with Crippen LogP contribution in [0.25, 0.3) is 77.3 Å². The first-order chi connectivity index (χ1) is 20.7. The van der Waals surface area contributed by atoms with E-state index in [-0.39, 0.29) is 0 Å². The molecule has 0 bridgehead atoms. The van der Waals surface area contributed by atoms with Gasteiger partial charge in [-0.2, -0.15) is 10.5 Å². The number of furan rings is 2. The van der Waals surface area contributed by atoms with Crippen LogP contribution >= 0.6 is 0 Å². The minimum absolute atomic E-state index is 0.513. The zero-order valence-corrected chi connectivity index (χ0v) is 22.3. The van der Waals surface area contributed by atoms with Gasteiger partial charge in [-0.3, -0.25) is 0 Å². The molecule has 0 fully saturated rings. The number of para-hydroxylation sites is 4. The van der Waals surface area contributed by atoms with Gasteiger partial charge in [-0.15, -0.1) is 0 Å². The van der Waals surface area contributed by atoms with Crippen LogP contribution in [-0.2, 0) is 0 Å². The normalized spacial score (nSPS) is 11.3. The maximum Gasteiger partial charge on any atom is 0.143 e. The van der Waals surface area contributed by atoms with E-state index in [0.29, 0.717) is 11.1 Å². The molecule has 8 rings (SSSR count). The molecule has 42 heavy (non-hydrogen) atoms. The third kappa shape index (κ3) is 3.53. The molecule has 0 saturated heterocycles. The van der Waals surface area contributed by atoms with Gasteiger partial charge in [-0.1, -0.05) is 84.9 Å². The summed E-state index contributed by atoms with van der Waals surface area (Å²) >= 11 is 0. The summed E-state index contributed by atoms with van der Waals surface area (Å²) in [4.78, 5) is 0. The lowest BCUT2D eigenvalue weighted by Crippen LogP contribution is -1.94. The van der Waals surface area contributed by atoms with Crippen molar-refractivity contribution in [3.05, 3.63) is 132 Å². The number of fused-ring (bicyclic) bond motifs is 6. The van der Waals surface area contributed by atoms with Crippen molar-refractivity contribution in [2.45, 2.75) is 0 Å². The predicted octanol–water partition coefficient (Wildman–Crippen LogP) is 10.2.